The van der Waals surface area contributed by atoms with E-state index in [1.165, 1.54) is 5.56 Å². The summed E-state index contributed by atoms with van der Waals surface area (Å²) in [5, 5.41) is 10.2. The fourth-order valence-electron chi connectivity index (χ4n) is 2.79. The van der Waals surface area contributed by atoms with E-state index in [4.69, 9.17) is 4.74 Å². The highest BCUT2D eigenvalue weighted by atomic mass is 16.5. The van der Waals surface area contributed by atoms with Gasteiger partial charge in [-0.15, -0.1) is 0 Å². The number of anilines is 1. The molecule has 24 heavy (non-hydrogen) atoms. The summed E-state index contributed by atoms with van der Waals surface area (Å²) in [5.74, 6) is 0.645. The number of amides is 2. The summed E-state index contributed by atoms with van der Waals surface area (Å²) >= 11 is 0. The van der Waals surface area contributed by atoms with Gasteiger partial charge in [-0.2, -0.15) is 5.10 Å². The second-order valence-corrected chi connectivity index (χ2v) is 5.80. The minimum atomic E-state index is -0.239. The third-order valence-electron chi connectivity index (χ3n) is 4.09. The predicted molar refractivity (Wildman–Crippen MR) is 95.8 cm³/mol. The first kappa shape index (κ1) is 17.8. The first-order valence-electron chi connectivity index (χ1n) is 8.18. The Morgan fingerprint density at radius 1 is 1.29 bits per heavy atom. The van der Waals surface area contributed by atoms with Crippen LogP contribution in [0.2, 0.25) is 0 Å². The van der Waals surface area contributed by atoms with E-state index in [2.05, 4.69) is 29.6 Å². The molecule has 0 unspecified atom stereocenters. The van der Waals surface area contributed by atoms with Gasteiger partial charge in [-0.05, 0) is 57.4 Å². The van der Waals surface area contributed by atoms with Crippen molar-refractivity contribution >= 4 is 11.7 Å². The van der Waals surface area contributed by atoms with Crippen LogP contribution in [0.1, 0.15) is 29.4 Å². The van der Waals surface area contributed by atoms with Crippen LogP contribution in [-0.4, -0.2) is 29.5 Å². The number of nitrogens with zero attached hydrogens (tertiary/aromatic N) is 2. The number of carbonyl (C=O) groups is 1. The zero-order chi connectivity index (χ0) is 17.7. The van der Waals surface area contributed by atoms with Crippen LogP contribution in [0.3, 0.4) is 0 Å². The Hall–Kier alpha value is -2.50. The van der Waals surface area contributed by atoms with Crippen LogP contribution in [-0.2, 0) is 13.0 Å². The second kappa shape index (κ2) is 7.86. The molecule has 2 rings (SSSR count). The Morgan fingerprint density at radius 2 is 2.04 bits per heavy atom. The lowest BCUT2D eigenvalue weighted by Gasteiger charge is -2.12. The third-order valence-corrected chi connectivity index (χ3v) is 4.09. The first-order valence-corrected chi connectivity index (χ1v) is 8.18. The summed E-state index contributed by atoms with van der Waals surface area (Å²) in [6.45, 7) is 9.52. The van der Waals surface area contributed by atoms with E-state index in [0.29, 0.717) is 18.0 Å². The van der Waals surface area contributed by atoms with Crippen LogP contribution < -0.4 is 15.4 Å². The quantitative estimate of drug-likeness (QED) is 0.854. The number of nitrogens with one attached hydrogen (secondary N) is 2. The lowest BCUT2D eigenvalue weighted by Crippen LogP contribution is -2.30. The Balaban J connectivity index is 1.93. The van der Waals surface area contributed by atoms with Crippen LogP contribution >= 0.6 is 0 Å². The van der Waals surface area contributed by atoms with Crippen molar-refractivity contribution in [3.05, 3.63) is 40.7 Å². The van der Waals surface area contributed by atoms with Crippen LogP contribution in [0, 0.1) is 20.8 Å². The summed E-state index contributed by atoms with van der Waals surface area (Å²) in [4.78, 5) is 12.1. The van der Waals surface area contributed by atoms with Crippen LogP contribution in [0.25, 0.3) is 0 Å². The molecule has 130 valence electrons. The molecule has 2 aromatic rings. The fraction of sp³-hybridized carbons (Fsp3) is 0.444. The predicted octanol–water partition coefficient (Wildman–Crippen LogP) is 3.20. The highest BCUT2D eigenvalue weighted by Gasteiger charge is 2.11. The van der Waals surface area contributed by atoms with E-state index in [9.17, 15) is 4.79 Å². The number of carbonyl (C=O) groups excluding carboxylic acids is 1. The first-order chi connectivity index (χ1) is 11.5. The average molecular weight is 330 g/mol. The number of aryl methyl sites for hydroxylation is 3. The number of ether oxygens (including phenoxy) is 1. The van der Waals surface area contributed by atoms with Gasteiger partial charge in [-0.25, -0.2) is 4.79 Å². The summed E-state index contributed by atoms with van der Waals surface area (Å²) in [6.07, 6.45) is 0.760. The van der Waals surface area contributed by atoms with Crippen molar-refractivity contribution in [2.45, 2.75) is 40.7 Å². The molecule has 0 fully saturated rings. The van der Waals surface area contributed by atoms with Gasteiger partial charge in [0, 0.05) is 18.8 Å². The van der Waals surface area contributed by atoms with Gasteiger partial charge in [0.05, 0.1) is 18.5 Å². The molecule has 0 radical (unpaired) electrons. The van der Waals surface area contributed by atoms with Gasteiger partial charge in [-0.1, -0.05) is 6.07 Å². The normalized spacial score (nSPS) is 10.5. The molecule has 0 aliphatic rings. The van der Waals surface area contributed by atoms with Crippen LogP contribution in [0.15, 0.2) is 18.2 Å². The second-order valence-electron chi connectivity index (χ2n) is 5.80. The summed E-state index contributed by atoms with van der Waals surface area (Å²) in [5.41, 5.74) is 5.12. The minimum absolute atomic E-state index is 0.239. The molecule has 1 aromatic carbocycles. The van der Waals surface area contributed by atoms with Gasteiger partial charge >= 0.3 is 6.03 Å². The molecule has 1 aromatic heterocycles. The van der Waals surface area contributed by atoms with Crippen molar-refractivity contribution in [3.8, 4) is 5.75 Å². The number of benzene rings is 1. The van der Waals surface area contributed by atoms with Crippen molar-refractivity contribution in [1.82, 2.24) is 15.1 Å². The molecule has 0 saturated carbocycles. The summed E-state index contributed by atoms with van der Waals surface area (Å²) in [6, 6.07) is 5.44. The highest BCUT2D eigenvalue weighted by molar-refractivity contribution is 5.91. The highest BCUT2D eigenvalue weighted by Crippen LogP contribution is 2.24. The number of aromatic nitrogens is 2. The molecule has 0 aliphatic heterocycles. The van der Waals surface area contributed by atoms with E-state index in [1.807, 2.05) is 36.7 Å². The molecule has 6 heteroatoms. The molecule has 0 saturated heterocycles. The van der Waals surface area contributed by atoms with E-state index in [-0.39, 0.29) is 6.03 Å². The van der Waals surface area contributed by atoms with Crippen LogP contribution in [0.5, 0.6) is 5.75 Å². The third kappa shape index (κ3) is 4.07. The molecule has 6 nitrogen and oxygen atoms in total. The maximum atomic E-state index is 12.1. The molecular formula is C18H26N4O2. The topological polar surface area (TPSA) is 68.2 Å². The zero-order valence-corrected chi connectivity index (χ0v) is 15.1. The fourth-order valence-corrected chi connectivity index (χ4v) is 2.79. The SMILES string of the molecule is CCn1nc(C)c(CCNC(=O)Nc2cc(C)ccc2OC)c1C. The van der Waals surface area contributed by atoms with E-state index < -0.39 is 0 Å². The molecule has 0 bridgehead atoms. The van der Waals surface area contributed by atoms with Crippen molar-refractivity contribution in [3.63, 3.8) is 0 Å². The zero-order valence-electron chi connectivity index (χ0n) is 15.1. The van der Waals surface area contributed by atoms with Gasteiger partial charge in [0.15, 0.2) is 0 Å². The number of methoxy groups -OCH3 is 1. The lowest BCUT2D eigenvalue weighted by molar-refractivity contribution is 0.252. The molecule has 2 amide bonds. The number of rotatable bonds is 6. The molecule has 0 aliphatic carbocycles. The van der Waals surface area contributed by atoms with E-state index in [0.717, 1.165) is 29.9 Å². The number of urea groups is 1. The molecule has 2 N–H and O–H groups in total. The lowest BCUT2D eigenvalue weighted by atomic mass is 10.1. The molecule has 0 atom stereocenters. The van der Waals surface area contributed by atoms with Crippen molar-refractivity contribution < 1.29 is 9.53 Å². The standard InChI is InChI=1S/C18H26N4O2/c1-6-22-14(4)15(13(3)21-22)9-10-19-18(23)20-16-11-12(2)7-8-17(16)24-5/h7-8,11H,6,9-10H2,1-5H3,(H2,19,20,23). The largest absolute Gasteiger partial charge is 0.495 e. The summed E-state index contributed by atoms with van der Waals surface area (Å²) in [7, 11) is 1.59. The van der Waals surface area contributed by atoms with Gasteiger partial charge in [0.2, 0.25) is 0 Å². The van der Waals surface area contributed by atoms with Crippen molar-refractivity contribution in [2.75, 3.05) is 19.0 Å². The Labute approximate surface area is 143 Å². The van der Waals surface area contributed by atoms with Gasteiger partial charge in [0.1, 0.15) is 5.75 Å². The Morgan fingerprint density at radius 3 is 2.67 bits per heavy atom. The Kier molecular flexibility index (Phi) is 5.84. The van der Waals surface area contributed by atoms with E-state index in [1.54, 1.807) is 7.11 Å². The molecule has 1 heterocycles. The average Bonchev–Trinajstić information content (AvgIpc) is 2.82. The van der Waals surface area contributed by atoms with Gasteiger partial charge < -0.3 is 15.4 Å². The molecular weight excluding hydrogens is 304 g/mol. The smallest absolute Gasteiger partial charge is 0.319 e. The monoisotopic (exact) mass is 330 g/mol. The summed E-state index contributed by atoms with van der Waals surface area (Å²) < 4.78 is 7.26. The van der Waals surface area contributed by atoms with Crippen LogP contribution in [0.4, 0.5) is 10.5 Å². The molecule has 0 spiro atoms. The number of hydrogen-bond acceptors (Lipinski definition) is 3. The van der Waals surface area contributed by atoms with E-state index >= 15 is 0 Å². The van der Waals surface area contributed by atoms with Crippen molar-refractivity contribution in [2.24, 2.45) is 0 Å². The van der Waals surface area contributed by atoms with Crippen molar-refractivity contribution in [1.29, 1.82) is 0 Å². The maximum Gasteiger partial charge on any atom is 0.319 e. The van der Waals surface area contributed by atoms with Gasteiger partial charge in [-0.3, -0.25) is 4.68 Å². The van der Waals surface area contributed by atoms with Gasteiger partial charge in [0.25, 0.3) is 0 Å². The minimum Gasteiger partial charge on any atom is -0.495 e. The Bertz CT molecular complexity index is 722. The number of hydrogen-bond donors (Lipinski definition) is 2. The maximum absolute atomic E-state index is 12.1.